The standard InChI is InChI=1S/C14H15NO3/c1-16-11-5-6-12(13(8-11)17-2)10-4-7-14(18-3)15-9-10/h4-9H,1-3H3. The topological polar surface area (TPSA) is 40.6 Å². The summed E-state index contributed by atoms with van der Waals surface area (Å²) < 4.78 is 15.6. The molecule has 0 saturated carbocycles. The molecule has 0 amide bonds. The number of nitrogens with zero attached hydrogens (tertiary/aromatic N) is 1. The van der Waals surface area contributed by atoms with E-state index in [0.29, 0.717) is 5.88 Å². The van der Waals surface area contributed by atoms with Crippen molar-refractivity contribution in [1.82, 2.24) is 4.98 Å². The molecule has 0 bridgehead atoms. The molecule has 4 heteroatoms. The van der Waals surface area contributed by atoms with Crippen molar-refractivity contribution in [3.63, 3.8) is 0 Å². The van der Waals surface area contributed by atoms with Gasteiger partial charge in [0.05, 0.1) is 21.3 Å². The van der Waals surface area contributed by atoms with Crippen LogP contribution < -0.4 is 14.2 Å². The Kier molecular flexibility index (Phi) is 3.67. The van der Waals surface area contributed by atoms with E-state index in [4.69, 9.17) is 14.2 Å². The zero-order valence-corrected chi connectivity index (χ0v) is 10.6. The Morgan fingerprint density at radius 2 is 1.72 bits per heavy atom. The number of rotatable bonds is 4. The number of pyridine rings is 1. The summed E-state index contributed by atoms with van der Waals surface area (Å²) in [5, 5.41) is 0. The molecule has 0 aliphatic heterocycles. The Balaban J connectivity index is 2.42. The van der Waals surface area contributed by atoms with Crippen LogP contribution in [0, 0.1) is 0 Å². The molecule has 1 aromatic carbocycles. The fourth-order valence-electron chi connectivity index (χ4n) is 1.70. The number of methoxy groups -OCH3 is 3. The van der Waals surface area contributed by atoms with Crippen LogP contribution in [-0.4, -0.2) is 26.3 Å². The zero-order valence-electron chi connectivity index (χ0n) is 10.6. The molecule has 94 valence electrons. The smallest absolute Gasteiger partial charge is 0.212 e. The monoisotopic (exact) mass is 245 g/mol. The van der Waals surface area contributed by atoms with Crippen LogP contribution in [0.5, 0.6) is 17.4 Å². The van der Waals surface area contributed by atoms with E-state index in [0.717, 1.165) is 22.6 Å². The maximum Gasteiger partial charge on any atom is 0.212 e. The summed E-state index contributed by atoms with van der Waals surface area (Å²) >= 11 is 0. The van der Waals surface area contributed by atoms with Gasteiger partial charge >= 0.3 is 0 Å². The van der Waals surface area contributed by atoms with E-state index in [-0.39, 0.29) is 0 Å². The van der Waals surface area contributed by atoms with Crippen molar-refractivity contribution < 1.29 is 14.2 Å². The fourth-order valence-corrected chi connectivity index (χ4v) is 1.70. The molecule has 0 aliphatic carbocycles. The van der Waals surface area contributed by atoms with Gasteiger partial charge in [0.25, 0.3) is 0 Å². The van der Waals surface area contributed by atoms with Gasteiger partial charge in [0.1, 0.15) is 11.5 Å². The molecule has 0 radical (unpaired) electrons. The van der Waals surface area contributed by atoms with Crippen molar-refractivity contribution in [3.05, 3.63) is 36.5 Å². The lowest BCUT2D eigenvalue weighted by atomic mass is 10.1. The van der Waals surface area contributed by atoms with Gasteiger partial charge in [-0.15, -0.1) is 0 Å². The average molecular weight is 245 g/mol. The third-order valence-electron chi connectivity index (χ3n) is 2.67. The first-order valence-electron chi connectivity index (χ1n) is 5.51. The second kappa shape index (κ2) is 5.40. The third-order valence-corrected chi connectivity index (χ3v) is 2.67. The number of aromatic nitrogens is 1. The second-order valence-corrected chi connectivity index (χ2v) is 3.66. The molecule has 0 N–H and O–H groups in total. The van der Waals surface area contributed by atoms with Gasteiger partial charge in [-0.05, 0) is 18.2 Å². The summed E-state index contributed by atoms with van der Waals surface area (Å²) in [7, 11) is 4.86. The second-order valence-electron chi connectivity index (χ2n) is 3.66. The van der Waals surface area contributed by atoms with Gasteiger partial charge in [-0.25, -0.2) is 4.98 Å². The largest absolute Gasteiger partial charge is 0.497 e. The molecule has 1 heterocycles. The van der Waals surface area contributed by atoms with Crippen molar-refractivity contribution in [2.45, 2.75) is 0 Å². The highest BCUT2D eigenvalue weighted by atomic mass is 16.5. The molecule has 0 aliphatic rings. The van der Waals surface area contributed by atoms with Crippen LogP contribution in [0.1, 0.15) is 0 Å². The molecule has 0 fully saturated rings. The molecule has 0 atom stereocenters. The lowest BCUT2D eigenvalue weighted by Gasteiger charge is -2.10. The predicted octanol–water partition coefficient (Wildman–Crippen LogP) is 2.77. The summed E-state index contributed by atoms with van der Waals surface area (Å²) in [5.74, 6) is 2.10. The quantitative estimate of drug-likeness (QED) is 0.830. The van der Waals surface area contributed by atoms with Crippen LogP contribution >= 0.6 is 0 Å². The minimum Gasteiger partial charge on any atom is -0.497 e. The Morgan fingerprint density at radius 1 is 0.889 bits per heavy atom. The first-order chi connectivity index (χ1) is 8.78. The number of benzene rings is 1. The molecule has 0 unspecified atom stereocenters. The van der Waals surface area contributed by atoms with Gasteiger partial charge in [0.2, 0.25) is 5.88 Å². The van der Waals surface area contributed by atoms with Crippen LogP contribution in [0.25, 0.3) is 11.1 Å². The summed E-state index contributed by atoms with van der Waals surface area (Å²) in [6, 6.07) is 9.44. The summed E-state index contributed by atoms with van der Waals surface area (Å²) in [6.45, 7) is 0. The first-order valence-corrected chi connectivity index (χ1v) is 5.51. The lowest BCUT2D eigenvalue weighted by molar-refractivity contribution is 0.395. The van der Waals surface area contributed by atoms with Crippen LogP contribution in [0.3, 0.4) is 0 Å². The SMILES string of the molecule is COc1ccc(-c2ccc(OC)nc2)c(OC)c1. The van der Waals surface area contributed by atoms with E-state index in [1.807, 2.05) is 30.3 Å². The molecule has 2 rings (SSSR count). The summed E-state index contributed by atoms with van der Waals surface area (Å²) in [6.07, 6.45) is 1.75. The number of hydrogen-bond acceptors (Lipinski definition) is 4. The Bertz CT molecular complexity index is 523. The number of ether oxygens (including phenoxy) is 3. The van der Waals surface area contributed by atoms with Gasteiger partial charge < -0.3 is 14.2 Å². The van der Waals surface area contributed by atoms with Gasteiger partial charge in [-0.1, -0.05) is 0 Å². The van der Waals surface area contributed by atoms with Crippen molar-refractivity contribution in [2.24, 2.45) is 0 Å². The highest BCUT2D eigenvalue weighted by Gasteiger charge is 2.08. The highest BCUT2D eigenvalue weighted by molar-refractivity contribution is 5.71. The molecule has 18 heavy (non-hydrogen) atoms. The van der Waals surface area contributed by atoms with Crippen molar-refractivity contribution in [3.8, 4) is 28.5 Å². The molecule has 1 aromatic heterocycles. The van der Waals surface area contributed by atoms with E-state index in [1.165, 1.54) is 0 Å². The van der Waals surface area contributed by atoms with E-state index in [9.17, 15) is 0 Å². The Labute approximate surface area is 106 Å². The van der Waals surface area contributed by atoms with Crippen LogP contribution in [-0.2, 0) is 0 Å². The van der Waals surface area contributed by atoms with Gasteiger partial charge in [0, 0.05) is 29.5 Å². The van der Waals surface area contributed by atoms with Crippen molar-refractivity contribution in [2.75, 3.05) is 21.3 Å². The molecular weight excluding hydrogens is 230 g/mol. The van der Waals surface area contributed by atoms with E-state index >= 15 is 0 Å². The third kappa shape index (κ3) is 2.37. The van der Waals surface area contributed by atoms with Gasteiger partial charge in [0.15, 0.2) is 0 Å². The highest BCUT2D eigenvalue weighted by Crippen LogP contribution is 2.33. The number of hydrogen-bond donors (Lipinski definition) is 0. The van der Waals surface area contributed by atoms with Crippen LogP contribution in [0.2, 0.25) is 0 Å². The zero-order chi connectivity index (χ0) is 13.0. The molecule has 0 spiro atoms. The normalized spacial score (nSPS) is 9.94. The van der Waals surface area contributed by atoms with E-state index < -0.39 is 0 Å². The maximum atomic E-state index is 5.36. The summed E-state index contributed by atoms with van der Waals surface area (Å²) in [4.78, 5) is 4.18. The fraction of sp³-hybridized carbons (Fsp3) is 0.214. The van der Waals surface area contributed by atoms with E-state index in [1.54, 1.807) is 27.5 Å². The minimum absolute atomic E-state index is 0.589. The van der Waals surface area contributed by atoms with Gasteiger partial charge in [-0.3, -0.25) is 0 Å². The maximum absolute atomic E-state index is 5.36. The van der Waals surface area contributed by atoms with Crippen molar-refractivity contribution >= 4 is 0 Å². The first kappa shape index (κ1) is 12.2. The molecule has 2 aromatic rings. The van der Waals surface area contributed by atoms with Crippen LogP contribution in [0.4, 0.5) is 0 Å². The van der Waals surface area contributed by atoms with Crippen molar-refractivity contribution in [1.29, 1.82) is 0 Å². The van der Waals surface area contributed by atoms with Gasteiger partial charge in [-0.2, -0.15) is 0 Å². The summed E-state index contributed by atoms with van der Waals surface area (Å²) in [5.41, 5.74) is 1.93. The Morgan fingerprint density at radius 3 is 2.28 bits per heavy atom. The lowest BCUT2D eigenvalue weighted by Crippen LogP contribution is -1.92. The van der Waals surface area contributed by atoms with Crippen LogP contribution in [0.15, 0.2) is 36.5 Å². The molecule has 4 nitrogen and oxygen atoms in total. The molecule has 0 saturated heterocycles. The van der Waals surface area contributed by atoms with E-state index in [2.05, 4.69) is 4.98 Å². The average Bonchev–Trinajstić information content (AvgIpc) is 2.46. The molecular formula is C14H15NO3. The minimum atomic E-state index is 0.589. The predicted molar refractivity (Wildman–Crippen MR) is 69.3 cm³/mol. The Hall–Kier alpha value is -2.23.